The van der Waals surface area contributed by atoms with Gasteiger partial charge < -0.3 is 11.3 Å². The van der Waals surface area contributed by atoms with Gasteiger partial charge in [-0.25, -0.2) is 9.53 Å². The lowest BCUT2D eigenvalue weighted by molar-refractivity contribution is -0.535. The number of carboxylic acids is 1. The Morgan fingerprint density at radius 2 is 0.920 bits per heavy atom. The molecular weight excluding hydrogens is 409 g/mol. The number of alkyl halides is 13. The highest BCUT2D eigenvalue weighted by Gasteiger charge is 2.76. The smallest absolute Gasteiger partial charge is 0.477 e. The number of hydrogen-bond donors (Lipinski definition) is 2. The molecule has 0 aliphatic rings. The van der Waals surface area contributed by atoms with Crippen molar-refractivity contribution in [3.63, 3.8) is 0 Å². The normalized spacial score (nSPS) is 16.8. The molecule has 5 nitrogen and oxygen atoms in total. The maximum atomic E-state index is 12.9. The quantitative estimate of drug-likeness (QED) is 0.646. The highest BCUT2D eigenvalue weighted by Crippen LogP contribution is 2.49. The molecule has 0 saturated heterocycles. The molecule has 25 heavy (non-hydrogen) atoms. The summed E-state index contributed by atoms with van der Waals surface area (Å²) in [6, 6.07) is 0. The summed E-state index contributed by atoms with van der Waals surface area (Å²) in [7, 11) is 0. The zero-order chi connectivity index (χ0) is 20.0. The van der Waals surface area contributed by atoms with Gasteiger partial charge in [0, 0.05) is 0 Å². The van der Waals surface area contributed by atoms with Crippen LogP contribution in [0, 0.1) is 0 Å². The number of halogens is 13. The first-order valence-electron chi connectivity index (χ1n) is 4.70. The summed E-state index contributed by atoms with van der Waals surface area (Å²) in [5.74, 6) is -10.6. The first-order chi connectivity index (χ1) is 10.1. The fourth-order valence-corrected chi connectivity index (χ4v) is 0.737. The highest BCUT2D eigenvalue weighted by molar-refractivity contribution is 5.76. The highest BCUT2D eigenvalue weighted by atomic mass is 19.4. The Hall–Kier alpha value is -1.56. The van der Waals surface area contributed by atoms with Crippen LogP contribution in [0.3, 0.4) is 0 Å². The molecule has 0 bridgehead atoms. The third-order valence-corrected chi connectivity index (χ3v) is 1.83. The van der Waals surface area contributed by atoms with Crippen LogP contribution in [0.25, 0.3) is 0 Å². The van der Waals surface area contributed by atoms with E-state index in [9.17, 15) is 61.9 Å². The lowest BCUT2D eigenvalue weighted by Crippen LogP contribution is -2.60. The van der Waals surface area contributed by atoms with Crippen molar-refractivity contribution in [1.29, 1.82) is 0 Å². The fourth-order valence-electron chi connectivity index (χ4n) is 0.737. The van der Waals surface area contributed by atoms with Crippen LogP contribution in [0.1, 0.15) is 0 Å². The Bertz CT molecular complexity index is 486. The summed E-state index contributed by atoms with van der Waals surface area (Å²) >= 11 is 0. The standard InChI is InChI=1S/C7HF13O4.H3N/c8-2(1(21)22,3(9,10)11)23-6(17,18)7(19,20)24-5(15,16)4(12,13)14;/h(H,21,22);1H3. The van der Waals surface area contributed by atoms with Crippen LogP contribution < -0.4 is 6.15 Å². The van der Waals surface area contributed by atoms with E-state index < -0.39 is 42.5 Å². The summed E-state index contributed by atoms with van der Waals surface area (Å²) in [5.41, 5.74) is 0. The van der Waals surface area contributed by atoms with Gasteiger partial charge in [0.15, 0.2) is 0 Å². The van der Waals surface area contributed by atoms with Gasteiger partial charge in [-0.1, -0.05) is 0 Å². The summed E-state index contributed by atoms with van der Waals surface area (Å²) in [4.78, 5) is 9.95. The lowest BCUT2D eigenvalue weighted by Gasteiger charge is -2.33. The molecule has 0 radical (unpaired) electrons. The van der Waals surface area contributed by atoms with E-state index in [1.807, 2.05) is 0 Å². The Morgan fingerprint density at radius 3 is 1.16 bits per heavy atom. The topological polar surface area (TPSA) is 90.8 Å². The van der Waals surface area contributed by atoms with Crippen molar-refractivity contribution in [3.05, 3.63) is 0 Å². The van der Waals surface area contributed by atoms with Crippen LogP contribution in [-0.2, 0) is 14.3 Å². The molecule has 0 aliphatic heterocycles. The lowest BCUT2D eigenvalue weighted by atomic mass is 10.3. The van der Waals surface area contributed by atoms with Crippen LogP contribution in [-0.4, -0.2) is 47.6 Å². The molecule has 0 aromatic heterocycles. The van der Waals surface area contributed by atoms with Crippen molar-refractivity contribution in [2.45, 2.75) is 36.5 Å². The summed E-state index contributed by atoms with van der Waals surface area (Å²) in [6.07, 6.45) is -35.5. The molecule has 0 heterocycles. The van der Waals surface area contributed by atoms with Crippen LogP contribution in [0.4, 0.5) is 57.1 Å². The molecule has 0 amide bonds. The number of aliphatic carboxylic acids is 1. The predicted octanol–water partition coefficient (Wildman–Crippen LogP) is 3.83. The second-order valence-electron chi connectivity index (χ2n) is 3.65. The Morgan fingerprint density at radius 1 is 0.600 bits per heavy atom. The van der Waals surface area contributed by atoms with Crippen molar-refractivity contribution in [2.24, 2.45) is 0 Å². The largest absolute Gasteiger partial charge is 0.483 e. The van der Waals surface area contributed by atoms with Crippen molar-refractivity contribution < 1.29 is 76.5 Å². The minimum atomic E-state index is -7.23. The van der Waals surface area contributed by atoms with Crippen molar-refractivity contribution >= 4 is 5.97 Å². The van der Waals surface area contributed by atoms with Gasteiger partial charge in [0.05, 0.1) is 0 Å². The summed E-state index contributed by atoms with van der Waals surface area (Å²) in [6.45, 7) is 0. The Kier molecular flexibility index (Phi) is 6.81. The predicted molar refractivity (Wildman–Crippen MR) is 45.6 cm³/mol. The molecule has 0 fully saturated rings. The van der Waals surface area contributed by atoms with E-state index >= 15 is 0 Å². The monoisotopic (exact) mass is 413 g/mol. The maximum absolute atomic E-state index is 12.9. The zero-order valence-electron chi connectivity index (χ0n) is 10.8. The van der Waals surface area contributed by atoms with Crippen molar-refractivity contribution in [1.82, 2.24) is 6.15 Å². The van der Waals surface area contributed by atoms with Crippen LogP contribution in [0.15, 0.2) is 0 Å². The molecule has 0 aromatic rings. The Balaban J connectivity index is 0. The van der Waals surface area contributed by atoms with Crippen LogP contribution >= 0.6 is 0 Å². The maximum Gasteiger partial charge on any atom is 0.483 e. The van der Waals surface area contributed by atoms with Crippen molar-refractivity contribution in [3.8, 4) is 0 Å². The molecule has 0 aliphatic carbocycles. The van der Waals surface area contributed by atoms with Gasteiger partial charge >= 0.3 is 42.5 Å². The molecule has 0 aromatic carbocycles. The third-order valence-electron chi connectivity index (χ3n) is 1.83. The molecule has 152 valence electrons. The van der Waals surface area contributed by atoms with Crippen molar-refractivity contribution in [2.75, 3.05) is 0 Å². The molecule has 18 heteroatoms. The minimum Gasteiger partial charge on any atom is -0.477 e. The number of carbonyl (C=O) groups is 1. The molecule has 1 atom stereocenters. The third kappa shape index (κ3) is 4.97. The second-order valence-corrected chi connectivity index (χ2v) is 3.65. The van der Waals surface area contributed by atoms with Crippen LogP contribution in [0.5, 0.6) is 0 Å². The fraction of sp³-hybridized carbons (Fsp3) is 0.857. The van der Waals surface area contributed by atoms with E-state index in [1.54, 1.807) is 4.74 Å². The molecular formula is C7H4F13NO4. The number of ether oxygens (including phenoxy) is 2. The van der Waals surface area contributed by atoms with E-state index in [1.165, 1.54) is 4.74 Å². The second kappa shape index (κ2) is 6.63. The molecule has 0 spiro atoms. The summed E-state index contributed by atoms with van der Waals surface area (Å²) in [5, 5.41) is 7.79. The van der Waals surface area contributed by atoms with E-state index in [-0.39, 0.29) is 6.15 Å². The van der Waals surface area contributed by atoms with Gasteiger partial charge in [0.2, 0.25) is 0 Å². The molecule has 4 N–H and O–H groups in total. The van der Waals surface area contributed by atoms with Gasteiger partial charge in [-0.05, 0) is 0 Å². The van der Waals surface area contributed by atoms with Gasteiger partial charge in [-0.15, -0.1) is 0 Å². The van der Waals surface area contributed by atoms with E-state index in [0.717, 1.165) is 0 Å². The SMILES string of the molecule is N.O=C(O)C(F)(OC(F)(F)C(F)(F)OC(F)(F)C(F)(F)F)C(F)(F)F. The number of carboxylic acid groups (broad SMARTS) is 1. The molecule has 0 saturated carbocycles. The first-order valence-corrected chi connectivity index (χ1v) is 4.70. The molecule has 1 unspecified atom stereocenters. The van der Waals surface area contributed by atoms with E-state index in [2.05, 4.69) is 0 Å². The molecule has 0 rings (SSSR count). The Labute approximate surface area is 126 Å². The number of rotatable bonds is 6. The average Bonchev–Trinajstić information content (AvgIpc) is 2.22. The average molecular weight is 413 g/mol. The van der Waals surface area contributed by atoms with Gasteiger partial charge in [-0.2, -0.15) is 57.1 Å². The number of hydrogen-bond acceptors (Lipinski definition) is 4. The van der Waals surface area contributed by atoms with Gasteiger partial charge in [-0.3, -0.25) is 4.74 Å². The van der Waals surface area contributed by atoms with Gasteiger partial charge in [0.25, 0.3) is 0 Å². The summed E-state index contributed by atoms with van der Waals surface area (Å²) < 4.78 is 161. The van der Waals surface area contributed by atoms with Gasteiger partial charge in [0.1, 0.15) is 0 Å². The first kappa shape index (κ1) is 25.7. The zero-order valence-corrected chi connectivity index (χ0v) is 10.8. The van der Waals surface area contributed by atoms with E-state index in [4.69, 9.17) is 5.11 Å². The van der Waals surface area contributed by atoms with E-state index in [0.29, 0.717) is 0 Å². The minimum absolute atomic E-state index is 0. The van der Waals surface area contributed by atoms with Crippen LogP contribution in [0.2, 0.25) is 0 Å².